The van der Waals surface area contributed by atoms with Crippen LogP contribution in [0.1, 0.15) is 33.3 Å². The Kier molecular flexibility index (Phi) is 5.64. The summed E-state index contributed by atoms with van der Waals surface area (Å²) >= 11 is 12.1. The van der Waals surface area contributed by atoms with Crippen LogP contribution in [0.3, 0.4) is 0 Å². The van der Waals surface area contributed by atoms with Crippen LogP contribution >= 0.6 is 23.2 Å². The molecule has 0 spiro atoms. The highest BCUT2D eigenvalue weighted by Gasteiger charge is 2.16. The lowest BCUT2D eigenvalue weighted by Crippen LogP contribution is -2.21. The van der Waals surface area contributed by atoms with Gasteiger partial charge in [0, 0.05) is 11.8 Å². The summed E-state index contributed by atoms with van der Waals surface area (Å²) in [6.45, 7) is 2.63. The van der Waals surface area contributed by atoms with Gasteiger partial charge in [0.25, 0.3) is 5.91 Å². The number of carbonyl (C=O) groups excluding carboxylic acids is 3. The molecule has 2 rings (SSSR count). The standard InChI is InChI=1S/C16H14Cl2N2O4/c1-8-3-4-11(17)15(14(8)18)20-13(22)7-24-16(23)12-5-10(6-19-12)9(2)21/h3-6,19H,7H2,1-2H3,(H,20,22). The van der Waals surface area contributed by atoms with E-state index in [-0.39, 0.29) is 22.2 Å². The number of rotatable bonds is 5. The van der Waals surface area contributed by atoms with Gasteiger partial charge in [0.15, 0.2) is 12.4 Å². The number of Topliss-reactive ketones (excluding diaryl/α,β-unsaturated/α-hetero) is 1. The summed E-state index contributed by atoms with van der Waals surface area (Å²) in [7, 11) is 0. The molecule has 2 aromatic rings. The predicted octanol–water partition coefficient (Wildman–Crippen LogP) is 3.63. The number of aryl methyl sites for hydroxylation is 1. The van der Waals surface area contributed by atoms with Crippen molar-refractivity contribution < 1.29 is 19.1 Å². The van der Waals surface area contributed by atoms with Crippen LogP contribution in [0.15, 0.2) is 24.4 Å². The van der Waals surface area contributed by atoms with E-state index >= 15 is 0 Å². The van der Waals surface area contributed by atoms with Crippen LogP contribution in [-0.2, 0) is 9.53 Å². The van der Waals surface area contributed by atoms with E-state index in [2.05, 4.69) is 10.3 Å². The fourth-order valence-electron chi connectivity index (χ4n) is 1.87. The third kappa shape index (κ3) is 4.15. The normalized spacial score (nSPS) is 10.3. The summed E-state index contributed by atoms with van der Waals surface area (Å²) in [6.07, 6.45) is 1.39. The van der Waals surface area contributed by atoms with E-state index in [0.717, 1.165) is 5.56 Å². The Morgan fingerprint density at radius 3 is 2.58 bits per heavy atom. The monoisotopic (exact) mass is 368 g/mol. The van der Waals surface area contributed by atoms with Gasteiger partial charge in [-0.25, -0.2) is 4.79 Å². The van der Waals surface area contributed by atoms with Gasteiger partial charge in [0.05, 0.1) is 15.7 Å². The van der Waals surface area contributed by atoms with Gasteiger partial charge in [0.1, 0.15) is 5.69 Å². The van der Waals surface area contributed by atoms with Gasteiger partial charge >= 0.3 is 5.97 Å². The average molecular weight is 369 g/mol. The number of hydrogen-bond acceptors (Lipinski definition) is 4. The zero-order valence-electron chi connectivity index (χ0n) is 12.9. The minimum absolute atomic E-state index is 0.0830. The number of aromatic nitrogens is 1. The van der Waals surface area contributed by atoms with Gasteiger partial charge in [0.2, 0.25) is 0 Å². The van der Waals surface area contributed by atoms with Crippen LogP contribution in [0.25, 0.3) is 0 Å². The van der Waals surface area contributed by atoms with Gasteiger partial charge in [-0.3, -0.25) is 9.59 Å². The number of benzene rings is 1. The Balaban J connectivity index is 1.97. The fraction of sp³-hybridized carbons (Fsp3) is 0.188. The third-order valence-corrected chi connectivity index (χ3v) is 3.99. The number of ketones is 1. The molecule has 1 heterocycles. The predicted molar refractivity (Wildman–Crippen MR) is 90.9 cm³/mol. The molecule has 0 aliphatic carbocycles. The maximum atomic E-state index is 11.9. The number of aromatic amines is 1. The summed E-state index contributed by atoms with van der Waals surface area (Å²) < 4.78 is 4.89. The van der Waals surface area contributed by atoms with Crippen molar-refractivity contribution in [3.8, 4) is 0 Å². The summed E-state index contributed by atoms with van der Waals surface area (Å²) in [5.41, 5.74) is 1.44. The number of amides is 1. The molecule has 0 atom stereocenters. The van der Waals surface area contributed by atoms with E-state index in [0.29, 0.717) is 10.6 Å². The highest BCUT2D eigenvalue weighted by molar-refractivity contribution is 6.40. The van der Waals surface area contributed by atoms with Crippen LogP contribution in [0.5, 0.6) is 0 Å². The minimum atomic E-state index is -0.751. The van der Waals surface area contributed by atoms with Gasteiger partial charge < -0.3 is 15.0 Å². The second kappa shape index (κ2) is 7.51. The molecule has 1 amide bonds. The molecule has 126 valence electrons. The smallest absolute Gasteiger partial charge is 0.355 e. The first-order valence-corrected chi connectivity index (χ1v) is 7.66. The molecule has 0 aliphatic rings. The molecular formula is C16H14Cl2N2O4. The maximum Gasteiger partial charge on any atom is 0.355 e. The molecule has 8 heteroatoms. The first-order valence-electron chi connectivity index (χ1n) is 6.90. The summed E-state index contributed by atoms with van der Waals surface area (Å²) in [5, 5.41) is 3.10. The Bertz CT molecular complexity index is 814. The summed E-state index contributed by atoms with van der Waals surface area (Å²) in [6, 6.07) is 4.68. The Morgan fingerprint density at radius 2 is 1.96 bits per heavy atom. The van der Waals surface area contributed by atoms with Crippen molar-refractivity contribution >= 4 is 46.5 Å². The molecule has 0 saturated carbocycles. The molecule has 1 aromatic heterocycles. The average Bonchev–Trinajstić information content (AvgIpc) is 3.03. The topological polar surface area (TPSA) is 88.3 Å². The minimum Gasteiger partial charge on any atom is -0.451 e. The SMILES string of the molecule is CC(=O)c1c[nH]c(C(=O)OCC(=O)Nc2c(Cl)ccc(C)c2Cl)c1. The highest BCUT2D eigenvalue weighted by atomic mass is 35.5. The Morgan fingerprint density at radius 1 is 1.25 bits per heavy atom. The molecule has 0 radical (unpaired) electrons. The molecule has 0 aliphatic heterocycles. The van der Waals surface area contributed by atoms with E-state index in [1.54, 1.807) is 19.1 Å². The number of ether oxygens (including phenoxy) is 1. The zero-order chi connectivity index (χ0) is 17.9. The number of halogens is 2. The molecule has 0 fully saturated rings. The molecule has 0 unspecified atom stereocenters. The van der Waals surface area contributed by atoms with Gasteiger partial charge in [-0.05, 0) is 31.5 Å². The lowest BCUT2D eigenvalue weighted by atomic mass is 10.2. The Hall–Kier alpha value is -2.31. The van der Waals surface area contributed by atoms with Crippen molar-refractivity contribution in [3.05, 3.63) is 51.3 Å². The van der Waals surface area contributed by atoms with E-state index in [9.17, 15) is 14.4 Å². The second-order valence-electron chi connectivity index (χ2n) is 5.04. The number of H-pyrrole nitrogens is 1. The number of carbonyl (C=O) groups is 3. The van der Waals surface area contributed by atoms with E-state index in [1.807, 2.05) is 0 Å². The van der Waals surface area contributed by atoms with Crippen LogP contribution in [-0.4, -0.2) is 29.3 Å². The van der Waals surface area contributed by atoms with Gasteiger partial charge in [-0.1, -0.05) is 29.3 Å². The fourth-order valence-corrected chi connectivity index (χ4v) is 2.34. The van der Waals surface area contributed by atoms with Crippen molar-refractivity contribution in [3.63, 3.8) is 0 Å². The quantitative estimate of drug-likeness (QED) is 0.622. The molecule has 1 aromatic carbocycles. The third-order valence-electron chi connectivity index (χ3n) is 3.19. The first-order chi connectivity index (χ1) is 11.3. The van der Waals surface area contributed by atoms with Gasteiger partial charge in [-0.2, -0.15) is 0 Å². The summed E-state index contributed by atoms with van der Waals surface area (Å²) in [5.74, 6) is -1.53. The van der Waals surface area contributed by atoms with Crippen molar-refractivity contribution in [2.75, 3.05) is 11.9 Å². The van der Waals surface area contributed by atoms with Crippen molar-refractivity contribution in [1.82, 2.24) is 4.98 Å². The Labute approximate surface area is 148 Å². The maximum absolute atomic E-state index is 11.9. The van der Waals surface area contributed by atoms with Crippen LogP contribution in [0.4, 0.5) is 5.69 Å². The number of nitrogens with one attached hydrogen (secondary N) is 2. The number of hydrogen-bond donors (Lipinski definition) is 2. The second-order valence-corrected chi connectivity index (χ2v) is 5.82. The molecule has 2 N–H and O–H groups in total. The van der Waals surface area contributed by atoms with Crippen molar-refractivity contribution in [2.45, 2.75) is 13.8 Å². The van der Waals surface area contributed by atoms with Crippen molar-refractivity contribution in [1.29, 1.82) is 0 Å². The first kappa shape index (κ1) is 18.0. The largest absolute Gasteiger partial charge is 0.451 e. The summed E-state index contributed by atoms with van der Waals surface area (Å²) in [4.78, 5) is 37.5. The van der Waals surface area contributed by atoms with Gasteiger partial charge in [-0.15, -0.1) is 0 Å². The molecular weight excluding hydrogens is 355 g/mol. The van der Waals surface area contributed by atoms with E-state index in [4.69, 9.17) is 27.9 Å². The van der Waals surface area contributed by atoms with Crippen LogP contribution in [0.2, 0.25) is 10.0 Å². The van der Waals surface area contributed by atoms with E-state index in [1.165, 1.54) is 19.2 Å². The number of esters is 1. The lowest BCUT2D eigenvalue weighted by Gasteiger charge is -2.11. The highest BCUT2D eigenvalue weighted by Crippen LogP contribution is 2.32. The zero-order valence-corrected chi connectivity index (χ0v) is 14.4. The lowest BCUT2D eigenvalue weighted by molar-refractivity contribution is -0.119. The molecule has 0 saturated heterocycles. The van der Waals surface area contributed by atoms with Crippen molar-refractivity contribution in [2.24, 2.45) is 0 Å². The molecule has 0 bridgehead atoms. The molecule has 24 heavy (non-hydrogen) atoms. The van der Waals surface area contributed by atoms with E-state index < -0.39 is 18.5 Å². The number of anilines is 1. The molecule has 6 nitrogen and oxygen atoms in total. The van der Waals surface area contributed by atoms with Crippen LogP contribution < -0.4 is 5.32 Å². The van der Waals surface area contributed by atoms with Crippen LogP contribution in [0, 0.1) is 6.92 Å².